The minimum atomic E-state index is -0.964. The van der Waals surface area contributed by atoms with Gasteiger partial charge >= 0.3 is 5.97 Å². The summed E-state index contributed by atoms with van der Waals surface area (Å²) in [4.78, 5) is 36.9. The van der Waals surface area contributed by atoms with Crippen LogP contribution in [0.25, 0.3) is 0 Å². The van der Waals surface area contributed by atoms with E-state index in [4.69, 9.17) is 9.47 Å². The highest BCUT2D eigenvalue weighted by atomic mass is 19.1. The maximum Gasteiger partial charge on any atom is 0.329 e. The first-order valence-corrected chi connectivity index (χ1v) is 8.97. The lowest BCUT2D eigenvalue weighted by molar-refractivity contribution is -0.150. The molecule has 154 valence electrons. The Hall–Kier alpha value is -3.42. The average molecular weight is 402 g/mol. The number of amides is 2. The van der Waals surface area contributed by atoms with E-state index < -0.39 is 36.2 Å². The molecule has 0 saturated carbocycles. The van der Waals surface area contributed by atoms with Crippen LogP contribution in [0.15, 0.2) is 48.5 Å². The van der Waals surface area contributed by atoms with Crippen LogP contribution in [-0.2, 0) is 14.3 Å². The predicted octanol–water partition coefficient (Wildman–Crippen LogP) is 2.77. The molecule has 0 radical (unpaired) electrons. The van der Waals surface area contributed by atoms with Gasteiger partial charge in [-0.3, -0.25) is 9.59 Å². The molecule has 0 unspecified atom stereocenters. The van der Waals surface area contributed by atoms with Gasteiger partial charge in [-0.2, -0.15) is 0 Å². The molecule has 8 heteroatoms. The van der Waals surface area contributed by atoms with E-state index in [-0.39, 0.29) is 17.2 Å². The Morgan fingerprint density at radius 1 is 1.07 bits per heavy atom. The smallest absolute Gasteiger partial charge is 0.329 e. The van der Waals surface area contributed by atoms with Crippen molar-refractivity contribution in [3.05, 3.63) is 59.9 Å². The standard InChI is InChI=1S/C21H23FN2O5/c1-13(2)19(24-20(26)16-9-4-5-10-17(16)28-3)21(27)29-12-18(25)23-15-8-6-7-14(22)11-15/h4-11,13,19H,12H2,1-3H3,(H,23,25)(H,24,26)/t19-/m0/s1. The van der Waals surface area contributed by atoms with Crippen LogP contribution in [-0.4, -0.2) is 37.5 Å². The molecule has 2 N–H and O–H groups in total. The van der Waals surface area contributed by atoms with Crippen LogP contribution in [0.4, 0.5) is 10.1 Å². The number of hydrogen-bond donors (Lipinski definition) is 2. The average Bonchev–Trinajstić information content (AvgIpc) is 2.69. The van der Waals surface area contributed by atoms with Crippen molar-refractivity contribution in [3.8, 4) is 5.75 Å². The number of hydrogen-bond acceptors (Lipinski definition) is 5. The van der Waals surface area contributed by atoms with Crippen molar-refractivity contribution in [2.24, 2.45) is 5.92 Å². The summed E-state index contributed by atoms with van der Waals surface area (Å²) in [5, 5.41) is 5.04. The first kappa shape index (κ1) is 21.9. The fourth-order valence-electron chi connectivity index (χ4n) is 2.54. The molecular formula is C21H23FN2O5. The van der Waals surface area contributed by atoms with Crippen LogP contribution in [0.3, 0.4) is 0 Å². The molecule has 0 saturated heterocycles. The van der Waals surface area contributed by atoms with Crippen LogP contribution < -0.4 is 15.4 Å². The van der Waals surface area contributed by atoms with Crippen LogP contribution >= 0.6 is 0 Å². The number of carbonyl (C=O) groups excluding carboxylic acids is 3. The second kappa shape index (κ2) is 10.2. The number of halogens is 1. The summed E-state index contributed by atoms with van der Waals surface area (Å²) in [6.45, 7) is 2.91. The maximum absolute atomic E-state index is 13.2. The molecule has 0 fully saturated rings. The highest BCUT2D eigenvalue weighted by molar-refractivity contribution is 5.99. The molecule has 29 heavy (non-hydrogen) atoms. The van der Waals surface area contributed by atoms with Gasteiger partial charge in [0.15, 0.2) is 6.61 Å². The lowest BCUT2D eigenvalue weighted by atomic mass is 10.0. The number of nitrogens with one attached hydrogen (secondary N) is 2. The van der Waals surface area contributed by atoms with Crippen LogP contribution in [0.2, 0.25) is 0 Å². The van der Waals surface area contributed by atoms with Gasteiger partial charge in [0.2, 0.25) is 0 Å². The zero-order valence-electron chi connectivity index (χ0n) is 16.4. The Balaban J connectivity index is 1.96. The SMILES string of the molecule is COc1ccccc1C(=O)N[C@H](C(=O)OCC(=O)Nc1cccc(F)c1)C(C)C. The van der Waals surface area contributed by atoms with Crippen LogP contribution in [0.5, 0.6) is 5.75 Å². The van der Waals surface area contributed by atoms with Crippen molar-refractivity contribution in [1.29, 1.82) is 0 Å². The monoisotopic (exact) mass is 402 g/mol. The summed E-state index contributed by atoms with van der Waals surface area (Å²) in [5.41, 5.74) is 0.522. The van der Waals surface area contributed by atoms with Gasteiger partial charge < -0.3 is 20.1 Å². The van der Waals surface area contributed by atoms with Crippen LogP contribution in [0.1, 0.15) is 24.2 Å². The number of benzene rings is 2. The van der Waals surface area contributed by atoms with E-state index in [1.54, 1.807) is 38.1 Å². The van der Waals surface area contributed by atoms with Gasteiger partial charge in [0, 0.05) is 5.69 Å². The van der Waals surface area contributed by atoms with E-state index in [2.05, 4.69) is 10.6 Å². The normalized spacial score (nSPS) is 11.5. The van der Waals surface area contributed by atoms with E-state index in [0.29, 0.717) is 5.75 Å². The fraction of sp³-hybridized carbons (Fsp3) is 0.286. The molecular weight excluding hydrogens is 379 g/mol. The third-order valence-corrected chi connectivity index (χ3v) is 4.01. The molecule has 2 aromatic carbocycles. The number of methoxy groups -OCH3 is 1. The minimum Gasteiger partial charge on any atom is -0.496 e. The molecule has 7 nitrogen and oxygen atoms in total. The van der Waals surface area contributed by atoms with Gasteiger partial charge in [-0.15, -0.1) is 0 Å². The predicted molar refractivity (Wildman–Crippen MR) is 105 cm³/mol. The maximum atomic E-state index is 13.2. The molecule has 0 heterocycles. The Labute approximate surface area is 168 Å². The van der Waals surface area contributed by atoms with Gasteiger partial charge in [-0.05, 0) is 36.2 Å². The molecule has 2 rings (SSSR count). The highest BCUT2D eigenvalue weighted by Crippen LogP contribution is 2.18. The first-order valence-electron chi connectivity index (χ1n) is 8.97. The zero-order valence-corrected chi connectivity index (χ0v) is 16.4. The van der Waals surface area contributed by atoms with E-state index >= 15 is 0 Å². The number of rotatable bonds is 8. The molecule has 0 aliphatic rings. The van der Waals surface area contributed by atoms with Crippen molar-refractivity contribution in [3.63, 3.8) is 0 Å². The summed E-state index contributed by atoms with van der Waals surface area (Å²) in [6, 6.07) is 11.0. The lowest BCUT2D eigenvalue weighted by Gasteiger charge is -2.21. The van der Waals surface area contributed by atoms with Crippen LogP contribution in [0, 0.1) is 11.7 Å². The summed E-state index contributed by atoms with van der Waals surface area (Å²) in [7, 11) is 1.44. The Bertz CT molecular complexity index is 885. The second-order valence-electron chi connectivity index (χ2n) is 6.56. The summed E-state index contributed by atoms with van der Waals surface area (Å²) in [5.74, 6) is -2.29. The fourth-order valence-corrected chi connectivity index (χ4v) is 2.54. The van der Waals surface area contributed by atoms with Crippen molar-refractivity contribution >= 4 is 23.5 Å². The van der Waals surface area contributed by atoms with Crippen molar-refractivity contribution in [2.45, 2.75) is 19.9 Å². The minimum absolute atomic E-state index is 0.246. The van der Waals surface area contributed by atoms with E-state index in [9.17, 15) is 18.8 Å². The largest absolute Gasteiger partial charge is 0.496 e. The van der Waals surface area contributed by atoms with Gasteiger partial charge in [-0.25, -0.2) is 9.18 Å². The lowest BCUT2D eigenvalue weighted by Crippen LogP contribution is -2.46. The van der Waals surface area contributed by atoms with Gasteiger partial charge in [0.05, 0.1) is 12.7 Å². The number of para-hydroxylation sites is 1. The van der Waals surface area contributed by atoms with E-state index in [1.165, 1.54) is 25.3 Å². The summed E-state index contributed by atoms with van der Waals surface area (Å²) in [6.07, 6.45) is 0. The molecule has 0 aliphatic heterocycles. The number of esters is 1. The quantitative estimate of drug-likeness (QED) is 0.663. The molecule has 1 atom stereocenters. The number of ether oxygens (including phenoxy) is 2. The number of carbonyl (C=O) groups is 3. The van der Waals surface area contributed by atoms with Gasteiger partial charge in [0.1, 0.15) is 17.6 Å². The molecule has 0 spiro atoms. The highest BCUT2D eigenvalue weighted by Gasteiger charge is 2.27. The van der Waals surface area contributed by atoms with Crippen molar-refractivity contribution in [2.75, 3.05) is 19.0 Å². The molecule has 2 aromatic rings. The number of anilines is 1. The molecule has 0 bridgehead atoms. The summed E-state index contributed by atoms with van der Waals surface area (Å²) >= 11 is 0. The second-order valence-corrected chi connectivity index (χ2v) is 6.56. The third kappa shape index (κ3) is 6.31. The molecule has 0 aliphatic carbocycles. The molecule has 0 aromatic heterocycles. The van der Waals surface area contributed by atoms with Crippen molar-refractivity contribution < 1.29 is 28.2 Å². The topological polar surface area (TPSA) is 93.7 Å². The Kier molecular flexibility index (Phi) is 7.70. The Morgan fingerprint density at radius 3 is 2.45 bits per heavy atom. The van der Waals surface area contributed by atoms with Gasteiger partial charge in [0.25, 0.3) is 11.8 Å². The third-order valence-electron chi connectivity index (χ3n) is 4.01. The van der Waals surface area contributed by atoms with E-state index in [0.717, 1.165) is 6.07 Å². The van der Waals surface area contributed by atoms with Gasteiger partial charge in [-0.1, -0.05) is 32.0 Å². The first-order chi connectivity index (χ1) is 13.8. The Morgan fingerprint density at radius 2 is 1.79 bits per heavy atom. The summed E-state index contributed by atoms with van der Waals surface area (Å²) < 4.78 is 23.3. The molecule has 2 amide bonds. The van der Waals surface area contributed by atoms with Crippen molar-refractivity contribution in [1.82, 2.24) is 5.32 Å². The zero-order chi connectivity index (χ0) is 21.4. The van der Waals surface area contributed by atoms with E-state index in [1.807, 2.05) is 0 Å².